The molecule has 1 unspecified atom stereocenters. The predicted molar refractivity (Wildman–Crippen MR) is 136 cm³/mol. The normalized spacial score (nSPS) is 12.5. The van der Waals surface area contributed by atoms with Gasteiger partial charge in [-0.25, -0.2) is 0 Å². The molecule has 0 bridgehead atoms. The Kier molecular flexibility index (Phi) is 8.32. The van der Waals surface area contributed by atoms with E-state index in [0.29, 0.717) is 33.3 Å². The van der Waals surface area contributed by atoms with E-state index in [4.69, 9.17) is 27.9 Å². The zero-order valence-corrected chi connectivity index (χ0v) is 21.7. The van der Waals surface area contributed by atoms with Crippen LogP contribution in [0.3, 0.4) is 0 Å². The van der Waals surface area contributed by atoms with Crippen LogP contribution >= 0.6 is 35.0 Å². The van der Waals surface area contributed by atoms with Crippen LogP contribution in [0.15, 0.2) is 47.6 Å². The van der Waals surface area contributed by atoms with Crippen LogP contribution in [0.4, 0.5) is 5.69 Å². The van der Waals surface area contributed by atoms with E-state index < -0.39 is 0 Å². The molecule has 0 aliphatic rings. The molecule has 1 atom stereocenters. The number of rotatable bonds is 8. The molecule has 1 heterocycles. The summed E-state index contributed by atoms with van der Waals surface area (Å²) in [6, 6.07) is 13.2. The molecular weight excluding hydrogens is 479 g/mol. The monoisotopic (exact) mass is 506 g/mol. The van der Waals surface area contributed by atoms with Gasteiger partial charge in [0, 0.05) is 6.54 Å². The smallest absolute Gasteiger partial charge is 0.234 e. The van der Waals surface area contributed by atoms with Crippen LogP contribution in [0.25, 0.3) is 0 Å². The third kappa shape index (κ3) is 6.43. The van der Waals surface area contributed by atoms with Crippen LogP contribution in [0, 0.1) is 0 Å². The number of aromatic nitrogens is 3. The van der Waals surface area contributed by atoms with Gasteiger partial charge in [-0.05, 0) is 49.1 Å². The Labute approximate surface area is 209 Å². The lowest BCUT2D eigenvalue weighted by atomic mass is 9.87. The van der Waals surface area contributed by atoms with Gasteiger partial charge in [0.2, 0.25) is 5.91 Å². The lowest BCUT2D eigenvalue weighted by Gasteiger charge is -2.20. The van der Waals surface area contributed by atoms with Crippen molar-refractivity contribution in [2.45, 2.75) is 57.8 Å². The Morgan fingerprint density at radius 1 is 1.15 bits per heavy atom. The number of thioether (sulfide) groups is 1. The van der Waals surface area contributed by atoms with E-state index in [0.717, 1.165) is 5.75 Å². The molecule has 1 N–H and O–H groups in total. The molecule has 0 aliphatic carbocycles. The SMILES string of the molecule is CCn1c(SCC(=O)Nc2cccc(Cl)c2Cl)nnc1C(C)Oc1ccc(C(C)(C)C)cc1. The van der Waals surface area contributed by atoms with Crippen LogP contribution in [0.1, 0.15) is 52.1 Å². The first-order chi connectivity index (χ1) is 15.6. The largest absolute Gasteiger partial charge is 0.483 e. The van der Waals surface area contributed by atoms with Gasteiger partial charge in [-0.2, -0.15) is 0 Å². The molecular formula is C24H28Cl2N4O2S. The summed E-state index contributed by atoms with van der Waals surface area (Å²) in [5, 5.41) is 12.7. The topological polar surface area (TPSA) is 69.0 Å². The van der Waals surface area contributed by atoms with Crippen molar-refractivity contribution in [2.24, 2.45) is 0 Å². The van der Waals surface area contributed by atoms with Crippen LogP contribution < -0.4 is 10.1 Å². The van der Waals surface area contributed by atoms with Crippen molar-refractivity contribution in [3.63, 3.8) is 0 Å². The van der Waals surface area contributed by atoms with Gasteiger partial charge in [0.15, 0.2) is 17.1 Å². The van der Waals surface area contributed by atoms with Crippen molar-refractivity contribution < 1.29 is 9.53 Å². The third-order valence-electron chi connectivity index (χ3n) is 5.02. The fourth-order valence-electron chi connectivity index (χ4n) is 3.21. The Bertz CT molecular complexity index is 1110. The molecule has 1 amide bonds. The second-order valence-corrected chi connectivity index (χ2v) is 10.3. The maximum absolute atomic E-state index is 12.4. The van der Waals surface area contributed by atoms with E-state index >= 15 is 0 Å². The van der Waals surface area contributed by atoms with Crippen molar-refractivity contribution in [2.75, 3.05) is 11.1 Å². The number of hydrogen-bond acceptors (Lipinski definition) is 5. The number of carbonyl (C=O) groups is 1. The molecule has 1 aromatic heterocycles. The highest BCUT2D eigenvalue weighted by molar-refractivity contribution is 7.99. The second-order valence-electron chi connectivity index (χ2n) is 8.56. The Balaban J connectivity index is 1.64. The molecule has 6 nitrogen and oxygen atoms in total. The number of anilines is 1. The van der Waals surface area contributed by atoms with Crippen LogP contribution in [-0.4, -0.2) is 26.4 Å². The maximum atomic E-state index is 12.4. The average Bonchev–Trinajstić information content (AvgIpc) is 3.18. The minimum absolute atomic E-state index is 0.0864. The summed E-state index contributed by atoms with van der Waals surface area (Å²) in [6.45, 7) is 11.1. The lowest BCUT2D eigenvalue weighted by molar-refractivity contribution is -0.113. The van der Waals surface area contributed by atoms with E-state index in [1.807, 2.05) is 30.5 Å². The van der Waals surface area contributed by atoms with E-state index in [1.165, 1.54) is 17.3 Å². The van der Waals surface area contributed by atoms with Crippen molar-refractivity contribution in [1.29, 1.82) is 0 Å². The van der Waals surface area contributed by atoms with Gasteiger partial charge >= 0.3 is 0 Å². The molecule has 0 spiro atoms. The Hall–Kier alpha value is -2.22. The summed E-state index contributed by atoms with van der Waals surface area (Å²) in [5.41, 5.74) is 1.81. The van der Waals surface area contributed by atoms with Crippen molar-refractivity contribution >= 4 is 46.6 Å². The van der Waals surface area contributed by atoms with Gasteiger partial charge in [0.05, 0.1) is 21.5 Å². The molecule has 0 aliphatic heterocycles. The van der Waals surface area contributed by atoms with Gasteiger partial charge in [0.25, 0.3) is 0 Å². The number of nitrogens with one attached hydrogen (secondary N) is 1. The van der Waals surface area contributed by atoms with Crippen molar-refractivity contribution in [3.05, 3.63) is 63.9 Å². The number of halogens is 2. The molecule has 9 heteroatoms. The van der Waals surface area contributed by atoms with Crippen molar-refractivity contribution in [1.82, 2.24) is 14.8 Å². The van der Waals surface area contributed by atoms with E-state index in [9.17, 15) is 4.79 Å². The highest BCUT2D eigenvalue weighted by Crippen LogP contribution is 2.30. The minimum Gasteiger partial charge on any atom is -0.483 e. The van der Waals surface area contributed by atoms with E-state index in [-0.39, 0.29) is 23.2 Å². The molecule has 176 valence electrons. The number of hydrogen-bond donors (Lipinski definition) is 1. The summed E-state index contributed by atoms with van der Waals surface area (Å²) < 4.78 is 8.07. The van der Waals surface area contributed by atoms with E-state index in [1.54, 1.807) is 18.2 Å². The molecule has 2 aromatic carbocycles. The van der Waals surface area contributed by atoms with E-state index in [2.05, 4.69) is 48.4 Å². The van der Waals surface area contributed by atoms with Gasteiger partial charge < -0.3 is 14.6 Å². The first-order valence-electron chi connectivity index (χ1n) is 10.7. The number of benzene rings is 2. The quantitative estimate of drug-likeness (QED) is 0.341. The fourth-order valence-corrected chi connectivity index (χ4v) is 4.37. The molecule has 0 radical (unpaired) electrons. The predicted octanol–water partition coefficient (Wildman–Crippen LogP) is 6.77. The molecule has 33 heavy (non-hydrogen) atoms. The van der Waals surface area contributed by atoms with Crippen molar-refractivity contribution in [3.8, 4) is 5.75 Å². The highest BCUT2D eigenvalue weighted by atomic mass is 35.5. The summed E-state index contributed by atoms with van der Waals surface area (Å²) in [5.74, 6) is 1.43. The zero-order valence-electron chi connectivity index (χ0n) is 19.4. The molecule has 3 rings (SSSR count). The molecule has 0 saturated carbocycles. The number of nitrogens with zero attached hydrogens (tertiary/aromatic N) is 3. The lowest BCUT2D eigenvalue weighted by Crippen LogP contribution is -2.16. The summed E-state index contributed by atoms with van der Waals surface area (Å²) in [7, 11) is 0. The minimum atomic E-state index is -0.300. The summed E-state index contributed by atoms with van der Waals surface area (Å²) in [6.07, 6.45) is -0.300. The Morgan fingerprint density at radius 2 is 1.85 bits per heavy atom. The summed E-state index contributed by atoms with van der Waals surface area (Å²) >= 11 is 13.5. The number of carbonyl (C=O) groups excluding carboxylic acids is 1. The van der Waals surface area contributed by atoms with Crippen LogP contribution in [0.2, 0.25) is 10.0 Å². The first kappa shape index (κ1) is 25.4. The average molecular weight is 507 g/mol. The number of ether oxygens (including phenoxy) is 1. The zero-order chi connectivity index (χ0) is 24.2. The molecule has 0 saturated heterocycles. The standard InChI is InChI=1S/C24H28Cl2N4O2S/c1-6-30-22(15(2)32-17-12-10-16(11-13-17)24(3,4)5)28-29-23(30)33-14-20(31)27-19-9-7-8-18(25)21(19)26/h7-13,15H,6,14H2,1-5H3,(H,27,31). The van der Waals surface area contributed by atoms with Gasteiger partial charge in [-0.1, -0.05) is 73.9 Å². The van der Waals surface area contributed by atoms with Gasteiger partial charge in [0.1, 0.15) is 5.75 Å². The highest BCUT2D eigenvalue weighted by Gasteiger charge is 2.20. The Morgan fingerprint density at radius 3 is 2.48 bits per heavy atom. The number of amides is 1. The molecule has 3 aromatic rings. The maximum Gasteiger partial charge on any atom is 0.234 e. The molecule has 0 fully saturated rings. The van der Waals surface area contributed by atoms with Crippen LogP contribution in [0.5, 0.6) is 5.75 Å². The van der Waals surface area contributed by atoms with Gasteiger partial charge in [-0.3, -0.25) is 4.79 Å². The second kappa shape index (κ2) is 10.8. The van der Waals surface area contributed by atoms with Gasteiger partial charge in [-0.15, -0.1) is 10.2 Å². The fraction of sp³-hybridized carbons (Fsp3) is 0.375. The van der Waals surface area contributed by atoms with Crippen LogP contribution in [-0.2, 0) is 16.8 Å². The third-order valence-corrected chi connectivity index (χ3v) is 6.80. The summed E-state index contributed by atoms with van der Waals surface area (Å²) in [4.78, 5) is 12.4. The first-order valence-corrected chi connectivity index (χ1v) is 12.4.